The Balaban J connectivity index is 2.05. The predicted octanol–water partition coefficient (Wildman–Crippen LogP) is 3.58. The molecule has 162 valence electrons. The van der Waals surface area contributed by atoms with Crippen LogP contribution in [-0.4, -0.2) is 40.2 Å². The normalized spacial score (nSPS) is 11.1. The van der Waals surface area contributed by atoms with Gasteiger partial charge in [0.15, 0.2) is 0 Å². The van der Waals surface area contributed by atoms with Gasteiger partial charge in [0.05, 0.1) is 24.6 Å². The highest BCUT2D eigenvalue weighted by atomic mass is 32.2. The van der Waals surface area contributed by atoms with Gasteiger partial charge in [0.1, 0.15) is 0 Å². The maximum absolute atomic E-state index is 12.4. The van der Waals surface area contributed by atoms with Crippen molar-refractivity contribution in [1.29, 1.82) is 0 Å². The van der Waals surface area contributed by atoms with E-state index in [9.17, 15) is 18.0 Å². The Morgan fingerprint density at radius 3 is 2.23 bits per heavy atom. The van der Waals surface area contributed by atoms with Crippen LogP contribution in [-0.2, 0) is 19.6 Å². The van der Waals surface area contributed by atoms with Crippen molar-refractivity contribution in [2.45, 2.75) is 33.6 Å². The van der Waals surface area contributed by atoms with Crippen molar-refractivity contribution in [3.63, 3.8) is 0 Å². The van der Waals surface area contributed by atoms with Crippen LogP contribution in [0.5, 0.6) is 0 Å². The summed E-state index contributed by atoms with van der Waals surface area (Å²) < 4.78 is 30.6. The molecule has 0 aliphatic carbocycles. The molecular formula is C22H28N2O5S. The third-order valence-corrected chi connectivity index (χ3v) is 5.79. The molecule has 0 spiro atoms. The molecule has 0 aliphatic rings. The largest absolute Gasteiger partial charge is 0.465 e. The second kappa shape index (κ2) is 9.75. The average molecular weight is 433 g/mol. The number of ether oxygens (including phenoxy) is 1. The fraction of sp³-hybridized carbons (Fsp3) is 0.364. The van der Waals surface area contributed by atoms with Gasteiger partial charge in [-0.3, -0.25) is 9.10 Å². The van der Waals surface area contributed by atoms with E-state index in [0.29, 0.717) is 23.4 Å². The number of methoxy groups -OCH3 is 1. The quantitative estimate of drug-likeness (QED) is 0.644. The number of amides is 1. The maximum atomic E-state index is 12.4. The zero-order chi connectivity index (χ0) is 22.5. The lowest BCUT2D eigenvalue weighted by Crippen LogP contribution is -2.31. The van der Waals surface area contributed by atoms with Crippen molar-refractivity contribution in [1.82, 2.24) is 0 Å². The summed E-state index contributed by atoms with van der Waals surface area (Å²) in [5, 5.41) is 2.79. The Morgan fingerprint density at radius 2 is 1.67 bits per heavy atom. The lowest BCUT2D eigenvalue weighted by atomic mass is 10.1. The molecule has 2 aromatic carbocycles. The monoisotopic (exact) mass is 432 g/mol. The van der Waals surface area contributed by atoms with Gasteiger partial charge in [0.2, 0.25) is 15.9 Å². The molecule has 0 aromatic heterocycles. The van der Waals surface area contributed by atoms with Crippen LogP contribution < -0.4 is 9.62 Å². The van der Waals surface area contributed by atoms with Crippen LogP contribution in [0.25, 0.3) is 0 Å². The summed E-state index contributed by atoms with van der Waals surface area (Å²) >= 11 is 0. The fourth-order valence-electron chi connectivity index (χ4n) is 3.18. The number of anilines is 2. The number of sulfonamides is 1. The number of carbonyl (C=O) groups excluding carboxylic acids is 2. The maximum Gasteiger partial charge on any atom is 0.337 e. The number of hydrogen-bond acceptors (Lipinski definition) is 5. The number of nitrogens with one attached hydrogen (secondary N) is 1. The smallest absolute Gasteiger partial charge is 0.337 e. The summed E-state index contributed by atoms with van der Waals surface area (Å²) in [6.45, 7) is 5.84. The number of rotatable bonds is 8. The minimum atomic E-state index is -3.48. The van der Waals surface area contributed by atoms with Crippen LogP contribution in [0.3, 0.4) is 0 Å². The standard InChI is InChI=1S/C22H28N2O5S/c1-15-11-16(2)13-19(12-15)24(30(5,27)28)10-6-7-21(25)23-20-14-18(22(26)29-4)9-8-17(20)3/h8-9,11-14H,6-7,10H2,1-5H3,(H,23,25). The third-order valence-electron chi connectivity index (χ3n) is 4.59. The zero-order valence-electron chi connectivity index (χ0n) is 18.0. The van der Waals surface area contributed by atoms with Crippen molar-refractivity contribution in [2.75, 3.05) is 29.5 Å². The number of esters is 1. The minimum Gasteiger partial charge on any atom is -0.465 e. The Hall–Kier alpha value is -2.87. The fourth-order valence-corrected chi connectivity index (χ4v) is 4.13. The van der Waals surface area contributed by atoms with E-state index in [1.807, 2.05) is 39.0 Å². The van der Waals surface area contributed by atoms with Crippen LogP contribution in [0.4, 0.5) is 11.4 Å². The molecule has 1 amide bonds. The molecule has 2 rings (SSSR count). The van der Waals surface area contributed by atoms with E-state index in [1.54, 1.807) is 18.2 Å². The highest BCUT2D eigenvalue weighted by molar-refractivity contribution is 7.92. The van der Waals surface area contributed by atoms with Gasteiger partial charge in [0, 0.05) is 18.7 Å². The molecule has 1 N–H and O–H groups in total. The van der Waals surface area contributed by atoms with E-state index in [0.717, 1.165) is 22.9 Å². The van der Waals surface area contributed by atoms with E-state index < -0.39 is 16.0 Å². The molecule has 0 aliphatic heterocycles. The number of hydrogen-bond donors (Lipinski definition) is 1. The van der Waals surface area contributed by atoms with Gasteiger partial charge < -0.3 is 10.1 Å². The van der Waals surface area contributed by atoms with Crippen molar-refractivity contribution in [3.8, 4) is 0 Å². The molecule has 0 radical (unpaired) electrons. The summed E-state index contributed by atoms with van der Waals surface area (Å²) in [6.07, 6.45) is 1.65. The van der Waals surface area contributed by atoms with Gasteiger partial charge in [-0.05, 0) is 68.1 Å². The number of benzene rings is 2. The molecule has 0 heterocycles. The van der Waals surface area contributed by atoms with Crippen molar-refractivity contribution < 1.29 is 22.7 Å². The van der Waals surface area contributed by atoms with E-state index in [4.69, 9.17) is 4.74 Å². The van der Waals surface area contributed by atoms with Crippen LogP contribution in [0.2, 0.25) is 0 Å². The van der Waals surface area contributed by atoms with Crippen molar-refractivity contribution in [2.24, 2.45) is 0 Å². The van der Waals surface area contributed by atoms with Crippen LogP contribution >= 0.6 is 0 Å². The third kappa shape index (κ3) is 6.32. The number of aryl methyl sites for hydroxylation is 3. The SMILES string of the molecule is COC(=O)c1ccc(C)c(NC(=O)CCCN(c2cc(C)cc(C)c2)S(C)(=O)=O)c1. The first-order chi connectivity index (χ1) is 14.0. The van der Waals surface area contributed by atoms with E-state index in [2.05, 4.69) is 5.32 Å². The zero-order valence-corrected chi connectivity index (χ0v) is 18.8. The Labute approximate surface area is 178 Å². The molecule has 0 atom stereocenters. The Morgan fingerprint density at radius 1 is 1.03 bits per heavy atom. The first-order valence-corrected chi connectivity index (χ1v) is 11.4. The Kier molecular flexibility index (Phi) is 7.61. The lowest BCUT2D eigenvalue weighted by molar-refractivity contribution is -0.116. The molecule has 0 bridgehead atoms. The molecule has 7 nitrogen and oxygen atoms in total. The van der Waals surface area contributed by atoms with Gasteiger partial charge in [-0.1, -0.05) is 12.1 Å². The highest BCUT2D eigenvalue weighted by Crippen LogP contribution is 2.22. The van der Waals surface area contributed by atoms with E-state index in [1.165, 1.54) is 11.4 Å². The van der Waals surface area contributed by atoms with Gasteiger partial charge >= 0.3 is 5.97 Å². The van der Waals surface area contributed by atoms with Crippen molar-refractivity contribution >= 4 is 33.3 Å². The molecule has 8 heteroatoms. The predicted molar refractivity (Wildman–Crippen MR) is 118 cm³/mol. The summed E-state index contributed by atoms with van der Waals surface area (Å²) in [5.41, 5.74) is 4.21. The summed E-state index contributed by atoms with van der Waals surface area (Å²) in [7, 11) is -2.19. The molecule has 30 heavy (non-hydrogen) atoms. The molecular weight excluding hydrogens is 404 g/mol. The number of nitrogens with zero attached hydrogens (tertiary/aromatic N) is 1. The summed E-state index contributed by atoms with van der Waals surface area (Å²) in [6, 6.07) is 10.5. The molecule has 0 saturated carbocycles. The van der Waals surface area contributed by atoms with Gasteiger partial charge in [-0.25, -0.2) is 13.2 Å². The molecule has 0 saturated heterocycles. The minimum absolute atomic E-state index is 0.138. The summed E-state index contributed by atoms with van der Waals surface area (Å²) in [5.74, 6) is -0.739. The number of carbonyl (C=O) groups is 2. The van der Waals surface area contributed by atoms with Gasteiger partial charge in [0.25, 0.3) is 0 Å². The first-order valence-electron chi connectivity index (χ1n) is 9.56. The van der Waals surface area contributed by atoms with E-state index >= 15 is 0 Å². The second-order valence-electron chi connectivity index (χ2n) is 7.35. The molecule has 2 aromatic rings. The van der Waals surface area contributed by atoms with Crippen LogP contribution in [0, 0.1) is 20.8 Å². The summed E-state index contributed by atoms with van der Waals surface area (Å²) in [4.78, 5) is 24.1. The van der Waals surface area contributed by atoms with Crippen LogP contribution in [0.1, 0.15) is 39.9 Å². The van der Waals surface area contributed by atoms with Crippen LogP contribution in [0.15, 0.2) is 36.4 Å². The highest BCUT2D eigenvalue weighted by Gasteiger charge is 2.18. The molecule has 0 fully saturated rings. The van der Waals surface area contributed by atoms with E-state index in [-0.39, 0.29) is 18.9 Å². The first kappa shape index (κ1) is 23.4. The van der Waals surface area contributed by atoms with Crippen molar-refractivity contribution in [3.05, 3.63) is 58.7 Å². The molecule has 0 unspecified atom stereocenters. The topological polar surface area (TPSA) is 92.8 Å². The Bertz CT molecular complexity index is 1030. The van der Waals surface area contributed by atoms with Gasteiger partial charge in [-0.15, -0.1) is 0 Å². The van der Waals surface area contributed by atoms with Gasteiger partial charge in [-0.2, -0.15) is 0 Å². The lowest BCUT2D eigenvalue weighted by Gasteiger charge is -2.23. The average Bonchev–Trinajstić information content (AvgIpc) is 2.64. The second-order valence-corrected chi connectivity index (χ2v) is 9.26.